The summed E-state index contributed by atoms with van der Waals surface area (Å²) in [5.74, 6) is -1.63. The molecule has 2 fully saturated rings. The van der Waals surface area contributed by atoms with Crippen molar-refractivity contribution in [2.75, 3.05) is 19.7 Å². The molecule has 1 saturated heterocycles. The Morgan fingerprint density at radius 2 is 1.76 bits per heavy atom. The van der Waals surface area contributed by atoms with Crippen LogP contribution in [0.3, 0.4) is 0 Å². The molecule has 1 aliphatic heterocycles. The number of ether oxygens (including phenoxy) is 2. The van der Waals surface area contributed by atoms with Gasteiger partial charge in [0.1, 0.15) is 0 Å². The number of imide groups is 1. The van der Waals surface area contributed by atoms with E-state index < -0.39 is 34.5 Å². The second-order valence-corrected chi connectivity index (χ2v) is 10.5. The molecule has 0 spiro atoms. The number of sulfonamides is 1. The molecule has 182 valence electrons. The minimum absolute atomic E-state index is 0.00936. The third-order valence-corrected chi connectivity index (χ3v) is 7.45. The van der Waals surface area contributed by atoms with E-state index in [1.807, 2.05) is 0 Å². The number of hydrogen-bond donors (Lipinski definition) is 2. The maximum Gasteiger partial charge on any atom is 0.338 e. The molecule has 1 aliphatic carbocycles. The number of esters is 1. The second-order valence-electron chi connectivity index (χ2n) is 8.54. The fraction of sp³-hybridized carbons (Fsp3) is 0.591. The molecular formula is C22H31N3O7S. The van der Waals surface area contributed by atoms with Crippen molar-refractivity contribution in [1.82, 2.24) is 14.9 Å². The second kappa shape index (κ2) is 11.1. The lowest BCUT2D eigenvalue weighted by Crippen LogP contribution is -2.48. The van der Waals surface area contributed by atoms with Gasteiger partial charge in [0.15, 0.2) is 6.61 Å². The molecule has 0 aromatic heterocycles. The predicted octanol–water partition coefficient (Wildman–Crippen LogP) is 1.80. The summed E-state index contributed by atoms with van der Waals surface area (Å²) < 4.78 is 37.9. The van der Waals surface area contributed by atoms with Crippen molar-refractivity contribution in [3.8, 4) is 0 Å². The summed E-state index contributed by atoms with van der Waals surface area (Å²) in [6.45, 7) is 3.36. The molecule has 2 N–H and O–H groups in total. The van der Waals surface area contributed by atoms with Gasteiger partial charge in [-0.15, -0.1) is 0 Å². The summed E-state index contributed by atoms with van der Waals surface area (Å²) in [5, 5.41) is 4.88. The van der Waals surface area contributed by atoms with Crippen LogP contribution < -0.4 is 10.6 Å². The molecule has 0 bridgehead atoms. The van der Waals surface area contributed by atoms with Gasteiger partial charge in [0.05, 0.1) is 22.7 Å². The largest absolute Gasteiger partial charge is 0.452 e. The van der Waals surface area contributed by atoms with Gasteiger partial charge in [-0.2, -0.15) is 4.31 Å². The molecule has 1 saturated carbocycles. The molecule has 2 atom stereocenters. The van der Waals surface area contributed by atoms with Crippen molar-refractivity contribution >= 4 is 27.9 Å². The van der Waals surface area contributed by atoms with E-state index in [2.05, 4.69) is 10.6 Å². The molecule has 1 aromatic rings. The van der Waals surface area contributed by atoms with Crippen LogP contribution in [0.15, 0.2) is 29.2 Å². The minimum Gasteiger partial charge on any atom is -0.452 e. The summed E-state index contributed by atoms with van der Waals surface area (Å²) in [5.41, 5.74) is -0.00936. The van der Waals surface area contributed by atoms with E-state index in [-0.39, 0.29) is 41.8 Å². The monoisotopic (exact) mass is 481 g/mol. The highest BCUT2D eigenvalue weighted by molar-refractivity contribution is 7.89. The van der Waals surface area contributed by atoms with E-state index in [4.69, 9.17) is 9.47 Å². The standard InChI is InChI=1S/C22H31N3O7S/c1-15-12-25(13-16(2)32-15)33(29,30)19-10-6-7-17(11-19)21(27)31-14-20(26)24-22(28)23-18-8-4-3-5-9-18/h6-7,10-11,15-16,18H,3-5,8-9,12-14H2,1-2H3,(H2,23,24,26,28). The van der Waals surface area contributed by atoms with Gasteiger partial charge in [-0.1, -0.05) is 25.3 Å². The zero-order chi connectivity index (χ0) is 24.0. The van der Waals surface area contributed by atoms with Crippen LogP contribution in [0.4, 0.5) is 4.79 Å². The number of urea groups is 1. The molecule has 2 aliphatic rings. The minimum atomic E-state index is -3.83. The Labute approximate surface area is 194 Å². The van der Waals surface area contributed by atoms with E-state index >= 15 is 0 Å². The van der Waals surface area contributed by atoms with E-state index in [1.165, 1.54) is 28.6 Å². The van der Waals surface area contributed by atoms with Crippen molar-refractivity contribution in [2.24, 2.45) is 0 Å². The van der Waals surface area contributed by atoms with Crippen molar-refractivity contribution < 1.29 is 32.3 Å². The van der Waals surface area contributed by atoms with Crippen LogP contribution in [-0.4, -0.2) is 68.6 Å². The highest BCUT2D eigenvalue weighted by Crippen LogP contribution is 2.22. The first-order valence-electron chi connectivity index (χ1n) is 11.2. The predicted molar refractivity (Wildman–Crippen MR) is 119 cm³/mol. The van der Waals surface area contributed by atoms with Gasteiger partial charge in [-0.3, -0.25) is 10.1 Å². The Balaban J connectivity index is 1.54. The van der Waals surface area contributed by atoms with E-state index in [0.29, 0.717) is 0 Å². The average molecular weight is 482 g/mol. The number of nitrogens with one attached hydrogen (secondary N) is 2. The summed E-state index contributed by atoms with van der Waals surface area (Å²) in [7, 11) is -3.83. The first kappa shape index (κ1) is 25.1. The van der Waals surface area contributed by atoms with Crippen LogP contribution >= 0.6 is 0 Å². The number of rotatable bonds is 6. The van der Waals surface area contributed by atoms with Crippen molar-refractivity contribution in [3.05, 3.63) is 29.8 Å². The van der Waals surface area contributed by atoms with Crippen LogP contribution in [0.25, 0.3) is 0 Å². The normalized spacial score (nSPS) is 22.4. The van der Waals surface area contributed by atoms with Gasteiger partial charge < -0.3 is 14.8 Å². The van der Waals surface area contributed by atoms with Crippen LogP contribution in [0.1, 0.15) is 56.3 Å². The van der Waals surface area contributed by atoms with Gasteiger partial charge in [0.2, 0.25) is 10.0 Å². The average Bonchev–Trinajstić information content (AvgIpc) is 2.77. The van der Waals surface area contributed by atoms with Crippen LogP contribution in [0.5, 0.6) is 0 Å². The molecule has 11 heteroatoms. The van der Waals surface area contributed by atoms with Gasteiger partial charge in [0, 0.05) is 19.1 Å². The molecular weight excluding hydrogens is 450 g/mol. The van der Waals surface area contributed by atoms with Crippen LogP contribution in [-0.2, 0) is 24.3 Å². The zero-order valence-corrected chi connectivity index (χ0v) is 19.7. The van der Waals surface area contributed by atoms with Crippen molar-refractivity contribution in [3.63, 3.8) is 0 Å². The smallest absolute Gasteiger partial charge is 0.338 e. The summed E-state index contributed by atoms with van der Waals surface area (Å²) >= 11 is 0. The van der Waals surface area contributed by atoms with Gasteiger partial charge in [0.25, 0.3) is 5.91 Å². The molecule has 10 nitrogen and oxygen atoms in total. The van der Waals surface area contributed by atoms with Crippen molar-refractivity contribution in [2.45, 2.75) is 69.1 Å². The topological polar surface area (TPSA) is 131 Å². The molecule has 1 aromatic carbocycles. The maximum absolute atomic E-state index is 13.0. The quantitative estimate of drug-likeness (QED) is 0.592. The van der Waals surface area contributed by atoms with E-state index in [1.54, 1.807) is 13.8 Å². The third kappa shape index (κ3) is 6.99. The van der Waals surface area contributed by atoms with Gasteiger partial charge in [-0.05, 0) is 44.9 Å². The molecule has 3 rings (SSSR count). The number of benzene rings is 1. The number of carbonyl (C=O) groups excluding carboxylic acids is 3. The van der Waals surface area contributed by atoms with Crippen molar-refractivity contribution in [1.29, 1.82) is 0 Å². The Kier molecular flexibility index (Phi) is 8.44. The number of hydrogen-bond acceptors (Lipinski definition) is 7. The number of amides is 3. The summed E-state index contributed by atoms with van der Waals surface area (Å²) in [6, 6.07) is 4.88. The first-order valence-corrected chi connectivity index (χ1v) is 12.6. The SMILES string of the molecule is CC1CN(S(=O)(=O)c2cccc(C(=O)OCC(=O)NC(=O)NC3CCCCC3)c2)CC(C)O1. The Bertz CT molecular complexity index is 966. The lowest BCUT2D eigenvalue weighted by molar-refractivity contribution is -0.123. The van der Waals surface area contributed by atoms with E-state index in [9.17, 15) is 22.8 Å². The highest BCUT2D eigenvalue weighted by atomic mass is 32.2. The zero-order valence-electron chi connectivity index (χ0n) is 18.9. The number of nitrogens with zero attached hydrogens (tertiary/aromatic N) is 1. The molecule has 2 unspecified atom stereocenters. The fourth-order valence-electron chi connectivity index (χ4n) is 4.11. The third-order valence-electron chi connectivity index (χ3n) is 5.62. The lowest BCUT2D eigenvalue weighted by atomic mass is 9.96. The lowest BCUT2D eigenvalue weighted by Gasteiger charge is -2.34. The Morgan fingerprint density at radius 3 is 2.42 bits per heavy atom. The van der Waals surface area contributed by atoms with Gasteiger partial charge in [-0.25, -0.2) is 18.0 Å². The molecule has 33 heavy (non-hydrogen) atoms. The number of carbonyl (C=O) groups is 3. The van der Waals surface area contributed by atoms with Crippen LogP contribution in [0, 0.1) is 0 Å². The first-order chi connectivity index (χ1) is 15.6. The van der Waals surface area contributed by atoms with E-state index in [0.717, 1.165) is 32.1 Å². The molecule has 3 amide bonds. The summed E-state index contributed by atoms with van der Waals surface area (Å²) in [6.07, 6.45) is 4.47. The molecule has 0 radical (unpaired) electrons. The molecule has 1 heterocycles. The fourth-order valence-corrected chi connectivity index (χ4v) is 5.74. The summed E-state index contributed by atoms with van der Waals surface area (Å²) in [4.78, 5) is 36.2. The highest BCUT2D eigenvalue weighted by Gasteiger charge is 2.32. The number of morpholine rings is 1. The van der Waals surface area contributed by atoms with Gasteiger partial charge >= 0.3 is 12.0 Å². The van der Waals surface area contributed by atoms with Crippen LogP contribution in [0.2, 0.25) is 0 Å². The Hall–Kier alpha value is -2.50. The Morgan fingerprint density at radius 1 is 1.09 bits per heavy atom. The maximum atomic E-state index is 13.0.